The van der Waals surface area contributed by atoms with Gasteiger partial charge in [0.2, 0.25) is 0 Å². The molecule has 0 fully saturated rings. The summed E-state index contributed by atoms with van der Waals surface area (Å²) in [5.41, 5.74) is 0.200. The predicted octanol–water partition coefficient (Wildman–Crippen LogP) is 3.55. The first-order valence-corrected chi connectivity index (χ1v) is 5.36. The van der Waals surface area contributed by atoms with Crippen molar-refractivity contribution < 1.29 is 17.9 Å². The molecule has 0 unspecified atom stereocenters. The molecule has 2 rings (SSSR count). The minimum atomic E-state index is -0.704. The van der Waals surface area contributed by atoms with E-state index in [0.29, 0.717) is 5.56 Å². The number of hydrogen-bond acceptors (Lipinski definition) is 2. The van der Waals surface area contributed by atoms with Gasteiger partial charge in [-0.15, -0.1) is 0 Å². The predicted molar refractivity (Wildman–Crippen MR) is 61.8 cm³/mol. The molecule has 19 heavy (non-hydrogen) atoms. The van der Waals surface area contributed by atoms with Gasteiger partial charge in [-0.25, -0.2) is 13.2 Å². The van der Waals surface area contributed by atoms with Crippen molar-refractivity contribution in [3.8, 4) is 11.8 Å². The fourth-order valence-corrected chi connectivity index (χ4v) is 1.54. The summed E-state index contributed by atoms with van der Waals surface area (Å²) >= 11 is 0. The van der Waals surface area contributed by atoms with Gasteiger partial charge in [0.05, 0.1) is 5.56 Å². The van der Waals surface area contributed by atoms with Crippen LogP contribution in [0.2, 0.25) is 0 Å². The molecular formula is C14H8F3NO. The molecular weight excluding hydrogens is 255 g/mol. The van der Waals surface area contributed by atoms with Gasteiger partial charge in [0.1, 0.15) is 35.9 Å². The maximum atomic E-state index is 13.3. The largest absolute Gasteiger partial charge is 0.489 e. The smallest absolute Gasteiger partial charge is 0.144 e. The highest BCUT2D eigenvalue weighted by Gasteiger charge is 2.05. The molecule has 0 aliphatic heterocycles. The SMILES string of the molecule is N#Cc1ccc(OCc2cc(F)cc(F)c2)cc1F. The van der Waals surface area contributed by atoms with E-state index in [1.807, 2.05) is 0 Å². The Morgan fingerprint density at radius 3 is 2.26 bits per heavy atom. The van der Waals surface area contributed by atoms with Crippen molar-refractivity contribution in [1.82, 2.24) is 0 Å². The Kier molecular flexibility index (Phi) is 3.71. The average molecular weight is 263 g/mol. The van der Waals surface area contributed by atoms with Gasteiger partial charge in [-0.2, -0.15) is 5.26 Å². The van der Waals surface area contributed by atoms with Gasteiger partial charge in [-0.1, -0.05) is 0 Å². The van der Waals surface area contributed by atoms with E-state index in [9.17, 15) is 13.2 Å². The number of nitriles is 1. The Hall–Kier alpha value is -2.48. The molecule has 0 heterocycles. The van der Waals surface area contributed by atoms with Crippen LogP contribution in [0.1, 0.15) is 11.1 Å². The van der Waals surface area contributed by atoms with E-state index < -0.39 is 17.5 Å². The zero-order valence-corrected chi connectivity index (χ0v) is 9.66. The lowest BCUT2D eigenvalue weighted by molar-refractivity contribution is 0.303. The normalized spacial score (nSPS) is 10.0. The molecule has 0 aliphatic rings. The lowest BCUT2D eigenvalue weighted by atomic mass is 10.2. The molecule has 2 aromatic carbocycles. The van der Waals surface area contributed by atoms with E-state index in [4.69, 9.17) is 10.00 Å². The summed E-state index contributed by atoms with van der Waals surface area (Å²) in [6, 6.07) is 8.43. The van der Waals surface area contributed by atoms with Crippen LogP contribution in [0.5, 0.6) is 5.75 Å². The molecule has 96 valence electrons. The first-order valence-electron chi connectivity index (χ1n) is 5.36. The first-order chi connectivity index (χ1) is 9.08. The second kappa shape index (κ2) is 5.44. The molecule has 0 N–H and O–H groups in total. The topological polar surface area (TPSA) is 33.0 Å². The molecule has 0 radical (unpaired) electrons. The summed E-state index contributed by atoms with van der Waals surface area (Å²) in [5, 5.41) is 8.56. The van der Waals surface area contributed by atoms with Gasteiger partial charge >= 0.3 is 0 Å². The van der Waals surface area contributed by atoms with Gasteiger partial charge in [0.15, 0.2) is 0 Å². The standard InChI is InChI=1S/C14H8F3NO/c15-11-3-9(4-12(16)5-11)8-19-13-2-1-10(7-18)14(17)6-13/h1-6H,8H2. The quantitative estimate of drug-likeness (QED) is 0.848. The maximum Gasteiger partial charge on any atom is 0.144 e. The summed E-state index contributed by atoms with van der Waals surface area (Å²) in [6.07, 6.45) is 0. The molecule has 0 spiro atoms. The lowest BCUT2D eigenvalue weighted by Crippen LogP contribution is -1.98. The van der Waals surface area contributed by atoms with Gasteiger partial charge in [0, 0.05) is 12.1 Å². The fraction of sp³-hybridized carbons (Fsp3) is 0.0714. The van der Waals surface area contributed by atoms with E-state index >= 15 is 0 Å². The number of nitrogens with zero attached hydrogens (tertiary/aromatic N) is 1. The van der Waals surface area contributed by atoms with Crippen LogP contribution in [0.3, 0.4) is 0 Å². The van der Waals surface area contributed by atoms with Crippen molar-refractivity contribution in [1.29, 1.82) is 5.26 Å². The maximum absolute atomic E-state index is 13.3. The van der Waals surface area contributed by atoms with Crippen LogP contribution in [-0.2, 0) is 6.61 Å². The van der Waals surface area contributed by atoms with Crippen molar-refractivity contribution >= 4 is 0 Å². The second-order valence-corrected chi connectivity index (χ2v) is 3.82. The van der Waals surface area contributed by atoms with Gasteiger partial charge < -0.3 is 4.74 Å². The summed E-state index contributed by atoms with van der Waals surface area (Å²) < 4.78 is 44.3. The van der Waals surface area contributed by atoms with Crippen molar-refractivity contribution in [2.75, 3.05) is 0 Å². The molecule has 0 aliphatic carbocycles. The molecule has 0 saturated carbocycles. The van der Waals surface area contributed by atoms with Gasteiger partial charge in [0.25, 0.3) is 0 Å². The van der Waals surface area contributed by atoms with Crippen molar-refractivity contribution in [2.45, 2.75) is 6.61 Å². The molecule has 0 bridgehead atoms. The number of benzene rings is 2. The third kappa shape index (κ3) is 3.26. The third-order valence-corrected chi connectivity index (χ3v) is 2.39. The Morgan fingerprint density at radius 2 is 1.68 bits per heavy atom. The monoisotopic (exact) mass is 263 g/mol. The minimum Gasteiger partial charge on any atom is -0.489 e. The van der Waals surface area contributed by atoms with Crippen LogP contribution in [0.25, 0.3) is 0 Å². The fourth-order valence-electron chi connectivity index (χ4n) is 1.54. The number of hydrogen-bond donors (Lipinski definition) is 0. The molecule has 0 atom stereocenters. The Morgan fingerprint density at radius 1 is 1.00 bits per heavy atom. The molecule has 5 heteroatoms. The van der Waals surface area contributed by atoms with E-state index in [1.165, 1.54) is 12.1 Å². The Bertz CT molecular complexity index is 629. The van der Waals surface area contributed by atoms with E-state index in [2.05, 4.69) is 0 Å². The molecule has 0 saturated heterocycles. The van der Waals surface area contributed by atoms with Crippen LogP contribution in [0.15, 0.2) is 36.4 Å². The van der Waals surface area contributed by atoms with Crippen LogP contribution in [0.4, 0.5) is 13.2 Å². The van der Waals surface area contributed by atoms with Crippen LogP contribution in [0, 0.1) is 28.8 Å². The number of ether oxygens (including phenoxy) is 1. The highest BCUT2D eigenvalue weighted by Crippen LogP contribution is 2.18. The summed E-state index contributed by atoms with van der Waals surface area (Å²) in [4.78, 5) is 0. The molecule has 2 aromatic rings. The highest BCUT2D eigenvalue weighted by atomic mass is 19.1. The molecule has 0 amide bonds. The zero-order chi connectivity index (χ0) is 13.8. The summed E-state index contributed by atoms with van der Waals surface area (Å²) in [6.45, 7) is -0.0972. The molecule has 0 aromatic heterocycles. The van der Waals surface area contributed by atoms with Crippen LogP contribution < -0.4 is 4.74 Å². The van der Waals surface area contributed by atoms with Crippen LogP contribution in [-0.4, -0.2) is 0 Å². The van der Waals surface area contributed by atoms with Crippen molar-refractivity contribution in [2.24, 2.45) is 0 Å². The van der Waals surface area contributed by atoms with Gasteiger partial charge in [-0.3, -0.25) is 0 Å². The zero-order valence-electron chi connectivity index (χ0n) is 9.66. The summed E-state index contributed by atoms with van der Waals surface area (Å²) in [7, 11) is 0. The number of rotatable bonds is 3. The first kappa shape index (κ1) is 13.0. The highest BCUT2D eigenvalue weighted by molar-refractivity contribution is 5.36. The third-order valence-electron chi connectivity index (χ3n) is 2.39. The van der Waals surface area contributed by atoms with Crippen LogP contribution >= 0.6 is 0 Å². The van der Waals surface area contributed by atoms with E-state index in [0.717, 1.165) is 24.3 Å². The number of halogens is 3. The van der Waals surface area contributed by atoms with Crippen molar-refractivity contribution in [3.63, 3.8) is 0 Å². The van der Waals surface area contributed by atoms with E-state index in [1.54, 1.807) is 6.07 Å². The molecule has 2 nitrogen and oxygen atoms in total. The Labute approximate surface area is 107 Å². The second-order valence-electron chi connectivity index (χ2n) is 3.82. The lowest BCUT2D eigenvalue weighted by Gasteiger charge is -2.07. The van der Waals surface area contributed by atoms with Crippen molar-refractivity contribution in [3.05, 3.63) is 65.0 Å². The van der Waals surface area contributed by atoms with E-state index in [-0.39, 0.29) is 17.9 Å². The minimum absolute atomic E-state index is 0.0934. The summed E-state index contributed by atoms with van der Waals surface area (Å²) in [5.74, 6) is -1.93. The Balaban J connectivity index is 2.10. The van der Waals surface area contributed by atoms with Gasteiger partial charge in [-0.05, 0) is 29.8 Å². The average Bonchev–Trinajstić information content (AvgIpc) is 2.35.